The largest absolute Gasteiger partial charge is 0.471 e. The molecule has 39 heavy (non-hydrogen) atoms. The number of carbonyl (C=O) groups excluding carboxylic acids is 1. The van der Waals surface area contributed by atoms with Crippen molar-refractivity contribution in [3.63, 3.8) is 0 Å². The zero-order valence-electron chi connectivity index (χ0n) is 22.1. The molecule has 4 aromatic rings. The highest BCUT2D eigenvalue weighted by molar-refractivity contribution is 5.85. The van der Waals surface area contributed by atoms with E-state index in [-0.39, 0.29) is 29.9 Å². The summed E-state index contributed by atoms with van der Waals surface area (Å²) in [5.41, 5.74) is 11.0. The van der Waals surface area contributed by atoms with Crippen LogP contribution in [-0.2, 0) is 11.4 Å². The van der Waals surface area contributed by atoms with E-state index in [4.69, 9.17) is 25.4 Å². The number of benzene rings is 1. The third-order valence-corrected chi connectivity index (χ3v) is 5.86. The number of hydrogen-bond donors (Lipinski definition) is 2. The summed E-state index contributed by atoms with van der Waals surface area (Å²) < 4.78 is 34.0. The van der Waals surface area contributed by atoms with E-state index in [0.29, 0.717) is 34.0 Å². The maximum atomic E-state index is 14.2. The molecule has 0 radical (unpaired) electrons. The molecule has 3 N–H and O–H groups in total. The monoisotopic (exact) mass is 535 g/mol. The van der Waals surface area contributed by atoms with Gasteiger partial charge in [0.1, 0.15) is 25.4 Å². The van der Waals surface area contributed by atoms with Gasteiger partial charge in [-0.15, -0.1) is 0 Å². The highest BCUT2D eigenvalue weighted by Crippen LogP contribution is 2.40. The van der Waals surface area contributed by atoms with Gasteiger partial charge in [0.25, 0.3) is 0 Å². The molecule has 5 rings (SSSR count). The molecule has 0 bridgehead atoms. The van der Waals surface area contributed by atoms with Crippen molar-refractivity contribution in [1.82, 2.24) is 19.9 Å². The first-order valence-corrected chi connectivity index (χ1v) is 12.3. The Hall–Kier alpha value is -4.31. The fourth-order valence-electron chi connectivity index (χ4n) is 4.01. The van der Waals surface area contributed by atoms with Crippen molar-refractivity contribution in [2.24, 2.45) is 0 Å². The topological polar surface area (TPSA) is 124 Å². The van der Waals surface area contributed by atoms with Gasteiger partial charge in [0, 0.05) is 30.0 Å². The highest BCUT2D eigenvalue weighted by Gasteiger charge is 2.25. The summed E-state index contributed by atoms with van der Waals surface area (Å²) in [6.45, 7) is 5.39. The number of anilines is 1. The predicted molar refractivity (Wildman–Crippen MR) is 145 cm³/mol. The molecule has 8 nitrogen and oxygen atoms in total. The molecule has 1 aliphatic rings. The fourth-order valence-corrected chi connectivity index (χ4v) is 4.01. The lowest BCUT2D eigenvalue weighted by atomic mass is 9.99. The van der Waals surface area contributed by atoms with E-state index in [1.807, 2.05) is 31.1 Å². The predicted octanol–water partition coefficient (Wildman–Crippen LogP) is 5.54. The number of carbonyl (C=O) groups is 1. The molecule has 1 fully saturated rings. The van der Waals surface area contributed by atoms with Crippen LogP contribution in [0.3, 0.4) is 0 Å². The van der Waals surface area contributed by atoms with E-state index in [1.165, 1.54) is 19.1 Å². The van der Waals surface area contributed by atoms with Crippen LogP contribution in [0.2, 0.25) is 0 Å². The number of aromatic nitrogens is 4. The number of halogens is 2. The van der Waals surface area contributed by atoms with Crippen molar-refractivity contribution in [2.45, 2.75) is 45.4 Å². The summed E-state index contributed by atoms with van der Waals surface area (Å²) in [4.78, 5) is 25.8. The van der Waals surface area contributed by atoms with Gasteiger partial charge in [-0.1, -0.05) is 6.07 Å². The molecule has 1 atom stereocenters. The summed E-state index contributed by atoms with van der Waals surface area (Å²) in [6, 6.07) is 15.3. The van der Waals surface area contributed by atoms with Crippen LogP contribution in [0, 0.1) is 12.7 Å². The van der Waals surface area contributed by atoms with Crippen molar-refractivity contribution in [3.05, 3.63) is 83.2 Å². The maximum Gasteiger partial charge on any atom is 0.227 e. The second-order valence-electron chi connectivity index (χ2n) is 8.77. The van der Waals surface area contributed by atoms with E-state index in [9.17, 15) is 8.78 Å². The van der Waals surface area contributed by atoms with Crippen LogP contribution in [0.4, 0.5) is 14.7 Å². The van der Waals surface area contributed by atoms with Gasteiger partial charge in [0.2, 0.25) is 11.8 Å². The molecule has 0 saturated heterocycles. The van der Waals surface area contributed by atoms with Crippen LogP contribution in [0.25, 0.3) is 22.4 Å². The number of rotatable bonds is 7. The van der Waals surface area contributed by atoms with E-state index in [2.05, 4.69) is 15.0 Å². The Balaban J connectivity index is 0.00000100. The fraction of sp³-hybridized carbons (Fsp3) is 0.276. The van der Waals surface area contributed by atoms with Crippen LogP contribution in [0.1, 0.15) is 54.6 Å². The minimum Gasteiger partial charge on any atom is -0.471 e. The molecular formula is C29H31F2N5O3. The number of ether oxygens (including phenoxy) is 1. The van der Waals surface area contributed by atoms with Gasteiger partial charge in [-0.3, -0.25) is 9.97 Å². The average molecular weight is 536 g/mol. The zero-order valence-corrected chi connectivity index (χ0v) is 22.1. The molecule has 0 aliphatic heterocycles. The normalized spacial score (nSPS) is 12.9. The Bertz CT molecular complexity index is 1400. The maximum absolute atomic E-state index is 14.2. The number of pyridine rings is 2. The summed E-state index contributed by atoms with van der Waals surface area (Å²) in [5.74, 6) is 0.390. The first-order chi connectivity index (χ1) is 18.9. The second-order valence-corrected chi connectivity index (χ2v) is 8.77. The first kappa shape index (κ1) is 29.2. The standard InChI is InChI=1S/C27H25F2N5O.CH4O.CH2O/c1-15-12-19(13-23(31-15)16(2)28)24-25(18-8-10-20(29)11-9-18)33-27(30)34-26(24)35-14-21-4-3-5-22(32-21)17-6-7-17;2*1-2/h3-5,8-13,16-17H,6-7,14H2,1-2H3,(H2,30,33,34);2H,1H3;1H2. The van der Waals surface area contributed by atoms with Crippen LogP contribution < -0.4 is 10.5 Å². The van der Waals surface area contributed by atoms with Crippen LogP contribution in [-0.4, -0.2) is 38.9 Å². The Morgan fingerprint density at radius 3 is 2.36 bits per heavy atom. The molecule has 10 heteroatoms. The Labute approximate surface area is 226 Å². The summed E-state index contributed by atoms with van der Waals surface area (Å²) in [7, 11) is 1.00. The van der Waals surface area contributed by atoms with E-state index >= 15 is 0 Å². The van der Waals surface area contributed by atoms with Crippen LogP contribution in [0.5, 0.6) is 5.88 Å². The van der Waals surface area contributed by atoms with Crippen molar-refractivity contribution >= 4 is 12.7 Å². The number of hydrogen-bond acceptors (Lipinski definition) is 8. The Kier molecular flexibility index (Phi) is 10.1. The summed E-state index contributed by atoms with van der Waals surface area (Å²) in [6.07, 6.45) is 1.04. The molecule has 1 saturated carbocycles. The van der Waals surface area contributed by atoms with Gasteiger partial charge in [0.05, 0.1) is 22.6 Å². The van der Waals surface area contributed by atoms with Gasteiger partial charge in [-0.2, -0.15) is 4.98 Å². The van der Waals surface area contributed by atoms with Gasteiger partial charge < -0.3 is 20.4 Å². The van der Waals surface area contributed by atoms with E-state index < -0.39 is 6.17 Å². The lowest BCUT2D eigenvalue weighted by Gasteiger charge is -2.17. The Morgan fingerprint density at radius 1 is 1.03 bits per heavy atom. The van der Waals surface area contributed by atoms with Crippen LogP contribution >= 0.6 is 0 Å². The van der Waals surface area contributed by atoms with Gasteiger partial charge in [-0.25, -0.2) is 13.8 Å². The number of aryl methyl sites for hydroxylation is 1. The highest BCUT2D eigenvalue weighted by atomic mass is 19.1. The van der Waals surface area contributed by atoms with E-state index in [1.54, 1.807) is 25.1 Å². The van der Waals surface area contributed by atoms with Gasteiger partial charge in [-0.05, 0) is 80.8 Å². The number of aliphatic hydroxyl groups is 1. The molecule has 0 spiro atoms. The second kappa shape index (κ2) is 13.5. The molecular weight excluding hydrogens is 504 g/mol. The third-order valence-electron chi connectivity index (χ3n) is 5.86. The average Bonchev–Trinajstić information content (AvgIpc) is 3.80. The quantitative estimate of drug-likeness (QED) is 0.316. The Morgan fingerprint density at radius 2 is 1.72 bits per heavy atom. The van der Waals surface area contributed by atoms with Crippen molar-refractivity contribution in [1.29, 1.82) is 0 Å². The summed E-state index contributed by atoms with van der Waals surface area (Å²) in [5, 5.41) is 7.00. The number of nitrogens with zero attached hydrogens (tertiary/aromatic N) is 4. The molecule has 0 amide bonds. The van der Waals surface area contributed by atoms with Crippen molar-refractivity contribution in [2.75, 3.05) is 12.8 Å². The smallest absolute Gasteiger partial charge is 0.227 e. The first-order valence-electron chi connectivity index (χ1n) is 12.3. The molecule has 1 unspecified atom stereocenters. The molecule has 3 aromatic heterocycles. The molecule has 1 aromatic carbocycles. The van der Waals surface area contributed by atoms with Gasteiger partial charge >= 0.3 is 0 Å². The molecule has 3 heterocycles. The van der Waals surface area contributed by atoms with Crippen LogP contribution in [0.15, 0.2) is 54.6 Å². The lowest BCUT2D eigenvalue weighted by Crippen LogP contribution is -2.07. The summed E-state index contributed by atoms with van der Waals surface area (Å²) >= 11 is 0. The molecule has 1 aliphatic carbocycles. The van der Waals surface area contributed by atoms with Gasteiger partial charge in [0.15, 0.2) is 0 Å². The van der Waals surface area contributed by atoms with Crippen molar-refractivity contribution < 1.29 is 23.4 Å². The minimum atomic E-state index is -1.27. The number of nitrogen functional groups attached to an aromatic ring is 1. The number of aliphatic hydroxyl groups excluding tert-OH is 1. The number of alkyl halides is 1. The third kappa shape index (κ3) is 7.38. The number of nitrogens with two attached hydrogens (primary N) is 1. The van der Waals surface area contributed by atoms with Crippen molar-refractivity contribution in [3.8, 4) is 28.3 Å². The minimum absolute atomic E-state index is 0.00706. The molecule has 204 valence electrons. The van der Waals surface area contributed by atoms with E-state index in [0.717, 1.165) is 31.3 Å². The zero-order chi connectivity index (χ0) is 28.5. The lowest BCUT2D eigenvalue weighted by molar-refractivity contribution is -0.0980. The SMILES string of the molecule is C=O.CO.Cc1cc(-c2c(OCc3cccc(C4CC4)n3)nc(N)nc2-c2ccc(F)cc2)cc(C(C)F)n1.